The molecule has 0 bridgehead atoms. The Morgan fingerprint density at radius 3 is 2.65 bits per heavy atom. The number of para-hydroxylation sites is 1. The number of carbonyl (C=O) groups is 1. The lowest BCUT2D eigenvalue weighted by molar-refractivity contribution is 0.0715. The maximum absolute atomic E-state index is 13.0. The van der Waals surface area contributed by atoms with E-state index in [1.807, 2.05) is 53.4 Å². The number of piperidine rings is 1. The number of carbonyl (C=O) groups excluding carboxylic acids is 1. The van der Waals surface area contributed by atoms with Crippen molar-refractivity contribution < 1.29 is 9.53 Å². The minimum absolute atomic E-state index is 0.0111. The Balaban J connectivity index is 1.35. The number of aromatic nitrogens is 3. The first kappa shape index (κ1) is 22.3. The van der Waals surface area contributed by atoms with Crippen molar-refractivity contribution in [3.8, 4) is 17.0 Å². The summed E-state index contributed by atoms with van der Waals surface area (Å²) in [5.74, 6) is 1.37. The largest absolute Gasteiger partial charge is 0.496 e. The zero-order valence-electron chi connectivity index (χ0n) is 18.7. The van der Waals surface area contributed by atoms with Gasteiger partial charge in [-0.3, -0.25) is 4.79 Å². The molecule has 0 atom stereocenters. The third kappa shape index (κ3) is 4.21. The van der Waals surface area contributed by atoms with Crippen molar-refractivity contribution in [3.63, 3.8) is 0 Å². The molecule has 1 fully saturated rings. The number of nitrogens with zero attached hydrogens (tertiary/aromatic N) is 4. The fourth-order valence-electron chi connectivity index (χ4n) is 4.32. The molecule has 0 aliphatic carbocycles. The molecule has 2 aromatic heterocycles. The van der Waals surface area contributed by atoms with Gasteiger partial charge in [0.2, 0.25) is 0 Å². The van der Waals surface area contributed by atoms with Gasteiger partial charge in [0.05, 0.1) is 18.4 Å². The van der Waals surface area contributed by atoms with Crippen LogP contribution in [0.15, 0.2) is 60.8 Å². The molecule has 4 aromatic rings. The standard InChI is InChI=1S/C25H23BClN5O2/c1-34-22-9-5-3-7-18(22)25(33)31-12-10-16(11-13-31)29-23-14-21(17-6-2-4-8-20(17)27)30-24-19(26)15-28-32(23)24/h2-9,14-16,29H,10-13H2,1H3. The van der Waals surface area contributed by atoms with Crippen molar-refractivity contribution in [2.75, 3.05) is 25.5 Å². The zero-order chi connectivity index (χ0) is 23.7. The number of hydrogen-bond acceptors (Lipinski definition) is 5. The van der Waals surface area contributed by atoms with Gasteiger partial charge in [-0.25, -0.2) is 4.98 Å². The number of amides is 1. The van der Waals surface area contributed by atoms with Crippen molar-refractivity contribution in [1.29, 1.82) is 0 Å². The Bertz CT molecular complexity index is 1350. The third-order valence-corrected chi connectivity index (χ3v) is 6.45. The first-order valence-corrected chi connectivity index (χ1v) is 11.5. The van der Waals surface area contributed by atoms with Crippen LogP contribution >= 0.6 is 11.6 Å². The molecule has 1 saturated heterocycles. The highest BCUT2D eigenvalue weighted by molar-refractivity contribution is 6.36. The molecule has 1 N–H and O–H groups in total. The van der Waals surface area contributed by atoms with E-state index in [4.69, 9.17) is 29.2 Å². The van der Waals surface area contributed by atoms with Gasteiger partial charge in [-0.1, -0.05) is 41.9 Å². The zero-order valence-corrected chi connectivity index (χ0v) is 19.5. The summed E-state index contributed by atoms with van der Waals surface area (Å²) in [7, 11) is 7.71. The van der Waals surface area contributed by atoms with E-state index in [1.54, 1.807) is 23.9 Å². The smallest absolute Gasteiger partial charge is 0.257 e. The molecule has 2 radical (unpaired) electrons. The lowest BCUT2D eigenvalue weighted by Crippen LogP contribution is -2.42. The average molecular weight is 472 g/mol. The van der Waals surface area contributed by atoms with E-state index >= 15 is 0 Å². The number of benzene rings is 2. The Kier molecular flexibility index (Phi) is 6.15. The van der Waals surface area contributed by atoms with Crippen LogP contribution in [0.5, 0.6) is 5.75 Å². The van der Waals surface area contributed by atoms with Crippen LogP contribution < -0.4 is 15.5 Å². The summed E-state index contributed by atoms with van der Waals surface area (Å²) in [5.41, 5.74) is 3.20. The molecule has 170 valence electrons. The predicted octanol–water partition coefficient (Wildman–Crippen LogP) is 3.57. The quantitative estimate of drug-likeness (QED) is 0.451. The number of fused-ring (bicyclic) bond motifs is 1. The van der Waals surface area contributed by atoms with E-state index in [-0.39, 0.29) is 11.9 Å². The number of ether oxygens (including phenoxy) is 1. The number of hydrogen-bond donors (Lipinski definition) is 1. The molecular weight excluding hydrogens is 449 g/mol. The van der Waals surface area contributed by atoms with E-state index in [2.05, 4.69) is 10.4 Å². The van der Waals surface area contributed by atoms with E-state index in [9.17, 15) is 4.79 Å². The molecule has 7 nitrogen and oxygen atoms in total. The minimum Gasteiger partial charge on any atom is -0.496 e. The van der Waals surface area contributed by atoms with Crippen LogP contribution in [-0.2, 0) is 0 Å². The Morgan fingerprint density at radius 2 is 1.88 bits per heavy atom. The van der Waals surface area contributed by atoms with Gasteiger partial charge in [-0.15, -0.1) is 0 Å². The summed E-state index contributed by atoms with van der Waals surface area (Å²) in [6, 6.07) is 17.0. The van der Waals surface area contributed by atoms with Gasteiger partial charge < -0.3 is 15.0 Å². The topological polar surface area (TPSA) is 71.8 Å². The van der Waals surface area contributed by atoms with Crippen LogP contribution in [0, 0.1) is 0 Å². The van der Waals surface area contributed by atoms with Crippen LogP contribution in [0.4, 0.5) is 5.82 Å². The van der Waals surface area contributed by atoms with E-state index in [0.29, 0.717) is 40.5 Å². The van der Waals surface area contributed by atoms with Gasteiger partial charge in [0.1, 0.15) is 19.4 Å². The van der Waals surface area contributed by atoms with E-state index in [0.717, 1.165) is 29.9 Å². The highest BCUT2D eigenvalue weighted by Crippen LogP contribution is 2.29. The second kappa shape index (κ2) is 9.39. The maximum atomic E-state index is 13.0. The summed E-state index contributed by atoms with van der Waals surface area (Å²) < 4.78 is 7.07. The molecule has 5 rings (SSSR count). The highest BCUT2D eigenvalue weighted by Gasteiger charge is 2.26. The summed E-state index contributed by atoms with van der Waals surface area (Å²) in [6.45, 7) is 1.28. The summed E-state index contributed by atoms with van der Waals surface area (Å²) in [6.07, 6.45) is 3.18. The van der Waals surface area contributed by atoms with Crippen LogP contribution in [0.25, 0.3) is 16.9 Å². The maximum Gasteiger partial charge on any atom is 0.257 e. The highest BCUT2D eigenvalue weighted by atomic mass is 35.5. The molecule has 0 spiro atoms. The third-order valence-electron chi connectivity index (χ3n) is 6.12. The van der Waals surface area contributed by atoms with Gasteiger partial charge in [0.25, 0.3) is 5.91 Å². The second-order valence-corrected chi connectivity index (χ2v) is 8.66. The summed E-state index contributed by atoms with van der Waals surface area (Å²) >= 11 is 6.43. The van der Waals surface area contributed by atoms with Crippen molar-refractivity contribution in [3.05, 3.63) is 71.4 Å². The molecule has 1 amide bonds. The molecular formula is C25H23BClN5O2. The number of nitrogens with one attached hydrogen (secondary N) is 1. The van der Waals surface area contributed by atoms with Crippen LogP contribution in [0.2, 0.25) is 5.02 Å². The van der Waals surface area contributed by atoms with Gasteiger partial charge >= 0.3 is 0 Å². The van der Waals surface area contributed by atoms with Crippen LogP contribution in [0.1, 0.15) is 23.2 Å². The molecule has 1 aliphatic rings. The minimum atomic E-state index is -0.0111. The number of likely N-dealkylation sites (tertiary alicyclic amines) is 1. The first-order valence-electron chi connectivity index (χ1n) is 11.1. The monoisotopic (exact) mass is 471 g/mol. The summed E-state index contributed by atoms with van der Waals surface area (Å²) in [4.78, 5) is 19.6. The van der Waals surface area contributed by atoms with E-state index < -0.39 is 0 Å². The first-order chi connectivity index (χ1) is 16.5. The number of halogens is 1. The van der Waals surface area contributed by atoms with Gasteiger partial charge in [0.15, 0.2) is 5.65 Å². The lowest BCUT2D eigenvalue weighted by atomic mass is 10.0. The molecule has 34 heavy (non-hydrogen) atoms. The molecule has 2 aromatic carbocycles. The summed E-state index contributed by atoms with van der Waals surface area (Å²) in [5, 5.41) is 8.60. The SMILES string of the molecule is [B]c1cnn2c(NC3CCN(C(=O)c4ccccc4OC)CC3)cc(-c3ccccc3Cl)nc12. The van der Waals surface area contributed by atoms with Gasteiger partial charge in [-0.2, -0.15) is 9.61 Å². The Morgan fingerprint density at radius 1 is 1.15 bits per heavy atom. The van der Waals surface area contributed by atoms with Crippen molar-refractivity contribution >= 4 is 42.3 Å². The van der Waals surface area contributed by atoms with Gasteiger partial charge in [0, 0.05) is 42.0 Å². The molecule has 1 aliphatic heterocycles. The van der Waals surface area contributed by atoms with Crippen molar-refractivity contribution in [2.24, 2.45) is 0 Å². The predicted molar refractivity (Wildman–Crippen MR) is 134 cm³/mol. The molecule has 0 unspecified atom stereocenters. The van der Waals surface area contributed by atoms with Crippen molar-refractivity contribution in [1.82, 2.24) is 19.5 Å². The molecule has 0 saturated carbocycles. The number of anilines is 1. The fourth-order valence-corrected chi connectivity index (χ4v) is 4.55. The Hall–Kier alpha value is -3.52. The van der Waals surface area contributed by atoms with Crippen LogP contribution in [0.3, 0.4) is 0 Å². The normalized spacial score (nSPS) is 14.4. The van der Waals surface area contributed by atoms with Gasteiger partial charge in [-0.05, 0) is 36.5 Å². The van der Waals surface area contributed by atoms with E-state index in [1.165, 1.54) is 0 Å². The van der Waals surface area contributed by atoms with Crippen molar-refractivity contribution in [2.45, 2.75) is 18.9 Å². The molecule has 3 heterocycles. The molecule has 9 heteroatoms. The average Bonchev–Trinajstić information content (AvgIpc) is 3.25. The fraction of sp³-hybridized carbons (Fsp3) is 0.240. The second-order valence-electron chi connectivity index (χ2n) is 8.25. The van der Waals surface area contributed by atoms with Crippen LogP contribution in [-0.4, -0.2) is 59.5 Å². The lowest BCUT2D eigenvalue weighted by Gasteiger charge is -2.33. The number of methoxy groups -OCH3 is 1. The number of rotatable bonds is 5. The Labute approximate surface area is 204 Å².